The molecule has 80 valence electrons. The SMILES string of the molecule is CCC1CCC2(c3ccccc3)OC2C1. The van der Waals surface area contributed by atoms with Gasteiger partial charge in [-0.3, -0.25) is 0 Å². The second-order valence-electron chi connectivity index (χ2n) is 4.91. The molecule has 1 aliphatic carbocycles. The van der Waals surface area contributed by atoms with Gasteiger partial charge in [-0.25, -0.2) is 0 Å². The van der Waals surface area contributed by atoms with E-state index >= 15 is 0 Å². The van der Waals surface area contributed by atoms with E-state index in [1.165, 1.54) is 31.2 Å². The van der Waals surface area contributed by atoms with Crippen LogP contribution in [0.1, 0.15) is 38.2 Å². The predicted octanol–water partition coefficient (Wildman–Crippen LogP) is 3.49. The van der Waals surface area contributed by atoms with Crippen LogP contribution in [0.3, 0.4) is 0 Å². The fourth-order valence-electron chi connectivity index (χ4n) is 3.01. The van der Waals surface area contributed by atoms with Crippen molar-refractivity contribution < 1.29 is 4.74 Å². The Hall–Kier alpha value is -0.820. The van der Waals surface area contributed by atoms with Gasteiger partial charge >= 0.3 is 0 Å². The molecule has 0 radical (unpaired) electrons. The van der Waals surface area contributed by atoms with Crippen molar-refractivity contribution in [1.29, 1.82) is 0 Å². The van der Waals surface area contributed by atoms with E-state index in [1.54, 1.807) is 0 Å². The molecule has 0 spiro atoms. The lowest BCUT2D eigenvalue weighted by molar-refractivity contribution is 0.283. The molecular formula is C14H18O. The zero-order valence-corrected chi connectivity index (χ0v) is 9.28. The third kappa shape index (κ3) is 1.41. The van der Waals surface area contributed by atoms with Crippen molar-refractivity contribution in [3.63, 3.8) is 0 Å². The minimum atomic E-state index is 0.118. The summed E-state index contributed by atoms with van der Waals surface area (Å²) < 4.78 is 5.98. The van der Waals surface area contributed by atoms with Crippen LogP contribution in [-0.2, 0) is 10.3 Å². The Balaban J connectivity index is 1.80. The van der Waals surface area contributed by atoms with Gasteiger partial charge in [0.15, 0.2) is 0 Å². The molecule has 1 saturated carbocycles. The lowest BCUT2D eigenvalue weighted by Gasteiger charge is -2.23. The molecule has 2 fully saturated rings. The molecule has 3 rings (SSSR count). The molecule has 3 unspecified atom stereocenters. The van der Waals surface area contributed by atoms with Gasteiger partial charge in [0.25, 0.3) is 0 Å². The van der Waals surface area contributed by atoms with E-state index in [0.29, 0.717) is 6.10 Å². The van der Waals surface area contributed by atoms with E-state index in [4.69, 9.17) is 4.74 Å². The summed E-state index contributed by atoms with van der Waals surface area (Å²) in [6, 6.07) is 10.7. The zero-order valence-electron chi connectivity index (χ0n) is 9.28. The van der Waals surface area contributed by atoms with Gasteiger partial charge in [-0.2, -0.15) is 0 Å². The largest absolute Gasteiger partial charge is 0.361 e. The lowest BCUT2D eigenvalue weighted by atomic mass is 9.78. The molecule has 0 aromatic heterocycles. The first-order valence-electron chi connectivity index (χ1n) is 6.08. The highest BCUT2D eigenvalue weighted by molar-refractivity contribution is 5.30. The molecule has 3 atom stereocenters. The van der Waals surface area contributed by atoms with Crippen LogP contribution in [0, 0.1) is 5.92 Å². The van der Waals surface area contributed by atoms with Crippen LogP contribution in [0.5, 0.6) is 0 Å². The third-order valence-corrected chi connectivity index (χ3v) is 4.13. The average Bonchev–Trinajstić information content (AvgIpc) is 3.04. The summed E-state index contributed by atoms with van der Waals surface area (Å²) in [6.07, 6.45) is 5.65. The van der Waals surface area contributed by atoms with Gasteiger partial charge in [-0.15, -0.1) is 0 Å². The highest BCUT2D eigenvalue weighted by Gasteiger charge is 2.59. The molecule has 0 N–H and O–H groups in total. The molecule has 2 aliphatic rings. The van der Waals surface area contributed by atoms with Gasteiger partial charge < -0.3 is 4.74 Å². The summed E-state index contributed by atoms with van der Waals surface area (Å²) in [5.41, 5.74) is 1.51. The molecule has 1 aromatic carbocycles. The van der Waals surface area contributed by atoms with Crippen molar-refractivity contribution in [3.05, 3.63) is 35.9 Å². The molecule has 1 heteroatoms. The Morgan fingerprint density at radius 3 is 2.80 bits per heavy atom. The number of ether oxygens (including phenoxy) is 1. The number of epoxide rings is 1. The van der Waals surface area contributed by atoms with Crippen LogP contribution >= 0.6 is 0 Å². The summed E-state index contributed by atoms with van der Waals surface area (Å²) >= 11 is 0. The number of hydrogen-bond acceptors (Lipinski definition) is 1. The topological polar surface area (TPSA) is 12.5 Å². The Kier molecular flexibility index (Phi) is 2.10. The number of rotatable bonds is 2. The van der Waals surface area contributed by atoms with Crippen molar-refractivity contribution in [2.75, 3.05) is 0 Å². The Bertz CT molecular complexity index is 346. The minimum Gasteiger partial charge on any atom is -0.361 e. The van der Waals surface area contributed by atoms with Gasteiger partial charge in [0.1, 0.15) is 5.60 Å². The molecule has 0 amide bonds. The highest BCUT2D eigenvalue weighted by atomic mass is 16.6. The van der Waals surface area contributed by atoms with Crippen LogP contribution in [0.4, 0.5) is 0 Å². The highest BCUT2D eigenvalue weighted by Crippen LogP contribution is 2.56. The van der Waals surface area contributed by atoms with Crippen molar-refractivity contribution in [1.82, 2.24) is 0 Å². The second-order valence-corrected chi connectivity index (χ2v) is 4.91. The van der Waals surface area contributed by atoms with Crippen LogP contribution in [0.15, 0.2) is 30.3 Å². The fourth-order valence-corrected chi connectivity index (χ4v) is 3.01. The van der Waals surface area contributed by atoms with E-state index in [0.717, 1.165) is 5.92 Å². The van der Waals surface area contributed by atoms with Gasteiger partial charge in [-0.1, -0.05) is 43.7 Å². The Labute approximate surface area is 91.5 Å². The van der Waals surface area contributed by atoms with E-state index in [2.05, 4.69) is 37.3 Å². The van der Waals surface area contributed by atoms with Crippen LogP contribution in [-0.4, -0.2) is 6.10 Å². The standard InChI is InChI=1S/C14H18O/c1-2-11-8-9-14(13(10-11)15-14)12-6-4-3-5-7-12/h3-7,11,13H,2,8-10H2,1H3. The van der Waals surface area contributed by atoms with Crippen LogP contribution in [0.2, 0.25) is 0 Å². The van der Waals surface area contributed by atoms with Gasteiger partial charge in [-0.05, 0) is 30.7 Å². The van der Waals surface area contributed by atoms with Crippen molar-refractivity contribution in [3.8, 4) is 0 Å². The van der Waals surface area contributed by atoms with Gasteiger partial charge in [0.05, 0.1) is 6.10 Å². The molecule has 1 aliphatic heterocycles. The Morgan fingerprint density at radius 2 is 2.13 bits per heavy atom. The van der Waals surface area contributed by atoms with E-state index in [-0.39, 0.29) is 5.60 Å². The summed E-state index contributed by atoms with van der Waals surface area (Å²) in [4.78, 5) is 0. The van der Waals surface area contributed by atoms with Gasteiger partial charge in [0, 0.05) is 0 Å². The van der Waals surface area contributed by atoms with E-state index in [1.807, 2.05) is 0 Å². The number of hydrogen-bond donors (Lipinski definition) is 0. The fraction of sp³-hybridized carbons (Fsp3) is 0.571. The summed E-state index contributed by atoms with van der Waals surface area (Å²) in [7, 11) is 0. The zero-order chi connectivity index (χ0) is 10.3. The lowest BCUT2D eigenvalue weighted by Crippen LogP contribution is -2.22. The minimum absolute atomic E-state index is 0.118. The average molecular weight is 202 g/mol. The number of benzene rings is 1. The van der Waals surface area contributed by atoms with E-state index in [9.17, 15) is 0 Å². The molecule has 15 heavy (non-hydrogen) atoms. The maximum Gasteiger partial charge on any atom is 0.120 e. The molecule has 1 nitrogen and oxygen atoms in total. The van der Waals surface area contributed by atoms with Crippen LogP contribution < -0.4 is 0 Å². The summed E-state index contributed by atoms with van der Waals surface area (Å²) in [5.74, 6) is 0.898. The molecule has 0 bridgehead atoms. The normalized spacial score (nSPS) is 38.5. The molecular weight excluding hydrogens is 184 g/mol. The van der Waals surface area contributed by atoms with Gasteiger partial charge in [0.2, 0.25) is 0 Å². The quantitative estimate of drug-likeness (QED) is 0.669. The molecule has 1 saturated heterocycles. The third-order valence-electron chi connectivity index (χ3n) is 4.13. The first-order chi connectivity index (χ1) is 7.35. The maximum absolute atomic E-state index is 5.98. The first-order valence-corrected chi connectivity index (χ1v) is 6.08. The summed E-state index contributed by atoms with van der Waals surface area (Å²) in [6.45, 7) is 2.29. The predicted molar refractivity (Wildman–Crippen MR) is 60.6 cm³/mol. The maximum atomic E-state index is 5.98. The second kappa shape index (κ2) is 3.34. The van der Waals surface area contributed by atoms with Crippen molar-refractivity contribution >= 4 is 0 Å². The monoisotopic (exact) mass is 202 g/mol. The van der Waals surface area contributed by atoms with Crippen LogP contribution in [0.25, 0.3) is 0 Å². The molecule has 1 aromatic rings. The van der Waals surface area contributed by atoms with Crippen molar-refractivity contribution in [2.24, 2.45) is 5.92 Å². The van der Waals surface area contributed by atoms with Crippen molar-refractivity contribution in [2.45, 2.75) is 44.3 Å². The number of fused-ring (bicyclic) bond motifs is 1. The van der Waals surface area contributed by atoms with E-state index < -0.39 is 0 Å². The summed E-state index contributed by atoms with van der Waals surface area (Å²) in [5, 5.41) is 0. The smallest absolute Gasteiger partial charge is 0.120 e. The Morgan fingerprint density at radius 1 is 1.33 bits per heavy atom. The first kappa shape index (κ1) is 9.41. The molecule has 1 heterocycles.